The number of allylic oxidation sites excluding steroid dienone is 2. The maximum Gasteiger partial charge on any atom is 0.161 e. The van der Waals surface area contributed by atoms with Gasteiger partial charge in [-0.05, 0) is 57.4 Å². The zero-order chi connectivity index (χ0) is 13.2. The van der Waals surface area contributed by atoms with Crippen molar-refractivity contribution in [2.75, 3.05) is 0 Å². The second-order valence-electron chi connectivity index (χ2n) is 5.87. The monoisotopic (exact) mass is 250 g/mol. The topological polar surface area (TPSA) is 54.4 Å². The molecule has 0 aromatic carbocycles. The first-order chi connectivity index (χ1) is 8.49. The summed E-state index contributed by atoms with van der Waals surface area (Å²) in [6.45, 7) is 1.38. The zero-order valence-electron chi connectivity index (χ0n) is 11.1. The van der Waals surface area contributed by atoms with Crippen molar-refractivity contribution in [1.82, 2.24) is 0 Å². The minimum absolute atomic E-state index is 0.0451. The van der Waals surface area contributed by atoms with Gasteiger partial charge < -0.3 is 5.11 Å². The summed E-state index contributed by atoms with van der Waals surface area (Å²) in [5.74, 6) is 0.329. The Morgan fingerprint density at radius 3 is 2.61 bits per heavy atom. The van der Waals surface area contributed by atoms with Gasteiger partial charge in [0, 0.05) is 6.42 Å². The molecule has 1 N–H and O–H groups in total. The number of fused-ring (bicyclic) bond motifs is 8. The van der Waals surface area contributed by atoms with Gasteiger partial charge in [0.05, 0.1) is 0 Å². The lowest BCUT2D eigenvalue weighted by atomic mass is 9.82. The highest BCUT2D eigenvalue weighted by atomic mass is 16.3. The van der Waals surface area contributed by atoms with Crippen LogP contribution < -0.4 is 0 Å². The number of ketones is 2. The number of aliphatic hydroxyl groups is 1. The molecule has 1 atom stereocenters. The Balaban J connectivity index is 2.19. The maximum absolute atomic E-state index is 11.9. The molecular formula is C15H22O3. The van der Waals surface area contributed by atoms with E-state index in [9.17, 15) is 14.7 Å². The van der Waals surface area contributed by atoms with Gasteiger partial charge in [0.2, 0.25) is 0 Å². The third-order valence-electron chi connectivity index (χ3n) is 4.44. The predicted molar refractivity (Wildman–Crippen MR) is 69.1 cm³/mol. The minimum atomic E-state index is -1.43. The molecule has 0 unspecified atom stereocenters. The van der Waals surface area contributed by atoms with E-state index < -0.39 is 5.60 Å². The van der Waals surface area contributed by atoms with E-state index in [1.54, 1.807) is 6.08 Å². The summed E-state index contributed by atoms with van der Waals surface area (Å²) in [7, 11) is 0. The lowest BCUT2D eigenvalue weighted by Gasteiger charge is -2.25. The third-order valence-corrected chi connectivity index (χ3v) is 4.44. The van der Waals surface area contributed by atoms with Gasteiger partial charge in [0.25, 0.3) is 0 Å². The average molecular weight is 250 g/mol. The third kappa shape index (κ3) is 3.08. The summed E-state index contributed by atoms with van der Waals surface area (Å²) in [5.41, 5.74) is -0.234. The molecule has 100 valence electrons. The number of carbonyl (C=O) groups is 2. The van der Waals surface area contributed by atoms with Crippen molar-refractivity contribution in [1.29, 1.82) is 0 Å². The van der Waals surface area contributed by atoms with Crippen LogP contribution >= 0.6 is 0 Å². The van der Waals surface area contributed by atoms with E-state index in [4.69, 9.17) is 0 Å². The average Bonchev–Trinajstić information content (AvgIpc) is 2.34. The number of rotatable bonds is 1. The maximum atomic E-state index is 11.9. The molecule has 0 aromatic heterocycles. The van der Waals surface area contributed by atoms with Gasteiger partial charge in [-0.2, -0.15) is 0 Å². The molecule has 3 aliphatic carbocycles. The summed E-state index contributed by atoms with van der Waals surface area (Å²) in [6, 6.07) is 0. The van der Waals surface area contributed by atoms with Crippen LogP contribution in [0.3, 0.4) is 0 Å². The van der Waals surface area contributed by atoms with E-state index in [0.29, 0.717) is 12.3 Å². The van der Waals surface area contributed by atoms with Crippen LogP contribution in [0.25, 0.3) is 0 Å². The largest absolute Gasteiger partial charge is 0.382 e. The minimum Gasteiger partial charge on any atom is -0.382 e. The molecule has 3 heteroatoms. The number of hydrogen-bond donors (Lipinski definition) is 1. The van der Waals surface area contributed by atoms with Crippen LogP contribution in [0.2, 0.25) is 0 Å². The molecule has 0 heterocycles. The second-order valence-corrected chi connectivity index (χ2v) is 5.87. The summed E-state index contributed by atoms with van der Waals surface area (Å²) in [4.78, 5) is 23.5. The fourth-order valence-corrected chi connectivity index (χ4v) is 3.12. The number of hydrogen-bond acceptors (Lipinski definition) is 3. The fraction of sp³-hybridized carbons (Fsp3) is 0.733. The molecule has 0 saturated heterocycles. The van der Waals surface area contributed by atoms with E-state index in [0.717, 1.165) is 38.5 Å². The van der Waals surface area contributed by atoms with E-state index in [2.05, 4.69) is 0 Å². The summed E-state index contributed by atoms with van der Waals surface area (Å²) in [6.07, 6.45) is 8.28. The molecule has 18 heavy (non-hydrogen) atoms. The summed E-state index contributed by atoms with van der Waals surface area (Å²) >= 11 is 0. The SMILES string of the molecule is CC(=O)[C@@]1(O)CCCC2CCC(=CC(=O)C1)CC2. The van der Waals surface area contributed by atoms with Crippen LogP contribution in [0.1, 0.15) is 58.3 Å². The predicted octanol–water partition coefficient (Wildman–Crippen LogP) is 2.57. The number of Topliss-reactive ketones (excluding diaryl/α,β-unsaturated/α-hetero) is 1. The Labute approximate surface area is 108 Å². The molecule has 2 bridgehead atoms. The van der Waals surface area contributed by atoms with Crippen molar-refractivity contribution in [3.8, 4) is 0 Å². The normalized spacial score (nSPS) is 33.8. The van der Waals surface area contributed by atoms with Gasteiger partial charge >= 0.3 is 0 Å². The fourth-order valence-electron chi connectivity index (χ4n) is 3.12. The first-order valence-electron chi connectivity index (χ1n) is 6.95. The van der Waals surface area contributed by atoms with E-state index in [1.165, 1.54) is 12.5 Å². The Morgan fingerprint density at radius 2 is 2.00 bits per heavy atom. The van der Waals surface area contributed by atoms with Crippen LogP contribution in [0.15, 0.2) is 11.6 Å². The molecular weight excluding hydrogens is 228 g/mol. The van der Waals surface area contributed by atoms with Crippen LogP contribution in [0.5, 0.6) is 0 Å². The zero-order valence-corrected chi connectivity index (χ0v) is 11.1. The van der Waals surface area contributed by atoms with Gasteiger partial charge in [-0.15, -0.1) is 0 Å². The Morgan fingerprint density at radius 1 is 1.33 bits per heavy atom. The molecule has 0 spiro atoms. The quantitative estimate of drug-likeness (QED) is 0.778. The molecule has 0 amide bonds. The summed E-state index contributed by atoms with van der Waals surface area (Å²) in [5, 5.41) is 10.3. The highest BCUT2D eigenvalue weighted by molar-refractivity contribution is 5.97. The van der Waals surface area contributed by atoms with Crippen LogP contribution in [0, 0.1) is 5.92 Å². The van der Waals surface area contributed by atoms with Gasteiger partial charge in [0.1, 0.15) is 5.60 Å². The van der Waals surface area contributed by atoms with Gasteiger partial charge in [-0.25, -0.2) is 0 Å². The van der Waals surface area contributed by atoms with Gasteiger partial charge in [0.15, 0.2) is 11.6 Å². The van der Waals surface area contributed by atoms with Crippen LogP contribution in [-0.4, -0.2) is 22.3 Å². The molecule has 1 fully saturated rings. The van der Waals surface area contributed by atoms with Crippen molar-refractivity contribution in [3.63, 3.8) is 0 Å². The van der Waals surface area contributed by atoms with E-state index in [-0.39, 0.29) is 18.0 Å². The molecule has 0 aromatic rings. The van der Waals surface area contributed by atoms with E-state index in [1.807, 2.05) is 0 Å². The highest BCUT2D eigenvalue weighted by Gasteiger charge is 2.35. The van der Waals surface area contributed by atoms with Crippen molar-refractivity contribution in [2.45, 2.75) is 63.9 Å². The van der Waals surface area contributed by atoms with Crippen molar-refractivity contribution in [3.05, 3.63) is 11.6 Å². The highest BCUT2D eigenvalue weighted by Crippen LogP contribution is 2.34. The van der Waals surface area contributed by atoms with Crippen LogP contribution in [-0.2, 0) is 9.59 Å². The van der Waals surface area contributed by atoms with Gasteiger partial charge in [-0.3, -0.25) is 9.59 Å². The van der Waals surface area contributed by atoms with Crippen molar-refractivity contribution in [2.24, 2.45) is 5.92 Å². The number of carbonyl (C=O) groups excluding carboxylic acids is 2. The van der Waals surface area contributed by atoms with Gasteiger partial charge in [-0.1, -0.05) is 12.0 Å². The first-order valence-corrected chi connectivity index (χ1v) is 6.95. The second kappa shape index (κ2) is 5.35. The smallest absolute Gasteiger partial charge is 0.161 e. The van der Waals surface area contributed by atoms with Crippen molar-refractivity contribution < 1.29 is 14.7 Å². The molecule has 0 radical (unpaired) electrons. The van der Waals surface area contributed by atoms with Crippen molar-refractivity contribution >= 4 is 11.6 Å². The molecule has 3 rings (SSSR count). The Hall–Kier alpha value is -0.960. The Bertz CT molecular complexity index is 373. The standard InChI is InChI=1S/C15H22O3/c1-11(16)15(18)8-2-3-12-4-6-13(7-5-12)9-14(17)10-15/h9,12,18H,2-8,10H2,1H3/t12?,15-/m1/s1. The summed E-state index contributed by atoms with van der Waals surface area (Å²) < 4.78 is 0. The lowest BCUT2D eigenvalue weighted by molar-refractivity contribution is -0.140. The van der Waals surface area contributed by atoms with Crippen LogP contribution in [0.4, 0.5) is 0 Å². The molecule has 3 nitrogen and oxygen atoms in total. The molecule has 1 saturated carbocycles. The molecule has 0 aliphatic heterocycles. The Kier molecular flexibility index (Phi) is 4.00. The van der Waals surface area contributed by atoms with E-state index >= 15 is 0 Å². The lowest BCUT2D eigenvalue weighted by Crippen LogP contribution is -2.39. The first kappa shape index (κ1) is 13.5. The molecule has 3 aliphatic rings.